The number of aromatic amines is 1. The van der Waals surface area contributed by atoms with Crippen LogP contribution in [0.25, 0.3) is 10.6 Å². The maximum Gasteiger partial charge on any atom is 0.252 e. The average molecular weight is 233 g/mol. The second-order valence-electron chi connectivity index (χ2n) is 3.88. The molecule has 0 aliphatic heterocycles. The number of hydrogen-bond acceptors (Lipinski definition) is 4. The highest BCUT2D eigenvalue weighted by molar-refractivity contribution is 7.13. The lowest BCUT2D eigenvalue weighted by Gasteiger charge is -2.04. The molecule has 16 heavy (non-hydrogen) atoms. The van der Waals surface area contributed by atoms with Crippen molar-refractivity contribution in [3.05, 3.63) is 33.9 Å². The molecule has 1 fully saturated rings. The summed E-state index contributed by atoms with van der Waals surface area (Å²) in [5.41, 5.74) is 0.628. The minimum atomic E-state index is -0.110. The summed E-state index contributed by atoms with van der Waals surface area (Å²) in [6.45, 7) is 0. The van der Waals surface area contributed by atoms with Crippen LogP contribution >= 0.6 is 11.3 Å². The van der Waals surface area contributed by atoms with Gasteiger partial charge in [-0.2, -0.15) is 0 Å². The molecule has 1 aliphatic rings. The van der Waals surface area contributed by atoms with Gasteiger partial charge in [0.2, 0.25) is 5.95 Å². The molecule has 1 saturated carbocycles. The number of nitrogens with zero attached hydrogens (tertiary/aromatic N) is 1. The molecule has 2 N–H and O–H groups in total. The fourth-order valence-electron chi connectivity index (χ4n) is 1.50. The van der Waals surface area contributed by atoms with Crippen molar-refractivity contribution >= 4 is 17.3 Å². The van der Waals surface area contributed by atoms with E-state index in [1.54, 1.807) is 11.3 Å². The molecule has 1 aliphatic carbocycles. The fraction of sp³-hybridized carbons (Fsp3) is 0.273. The lowest BCUT2D eigenvalue weighted by atomic mass is 10.3. The van der Waals surface area contributed by atoms with E-state index < -0.39 is 0 Å². The normalized spacial score (nSPS) is 15.0. The van der Waals surface area contributed by atoms with Crippen molar-refractivity contribution in [2.45, 2.75) is 18.9 Å². The van der Waals surface area contributed by atoms with E-state index in [0.717, 1.165) is 23.4 Å². The summed E-state index contributed by atoms with van der Waals surface area (Å²) in [6.07, 6.45) is 2.32. The van der Waals surface area contributed by atoms with Crippen molar-refractivity contribution in [2.75, 3.05) is 5.32 Å². The number of nitrogens with one attached hydrogen (secondary N) is 2. The molecule has 0 unspecified atom stereocenters. The van der Waals surface area contributed by atoms with Gasteiger partial charge in [-0.15, -0.1) is 11.3 Å². The summed E-state index contributed by atoms with van der Waals surface area (Å²) in [6, 6.07) is 5.94. The standard InChI is InChI=1S/C11H11N3OS/c15-10-6-8(9-2-1-5-16-9)13-11(14-10)12-7-3-4-7/h1-2,5-7H,3-4H2,(H2,12,13,14,15). The van der Waals surface area contributed by atoms with Crippen molar-refractivity contribution in [1.29, 1.82) is 0 Å². The van der Waals surface area contributed by atoms with Gasteiger partial charge in [0.25, 0.3) is 5.56 Å². The maximum absolute atomic E-state index is 11.5. The first-order chi connectivity index (χ1) is 7.81. The summed E-state index contributed by atoms with van der Waals surface area (Å²) in [4.78, 5) is 19.6. The Morgan fingerprint density at radius 2 is 2.38 bits per heavy atom. The third kappa shape index (κ3) is 1.99. The third-order valence-corrected chi connectivity index (χ3v) is 3.33. The molecule has 82 valence electrons. The van der Waals surface area contributed by atoms with E-state index in [-0.39, 0.29) is 5.56 Å². The third-order valence-electron chi connectivity index (χ3n) is 2.43. The molecular formula is C11H11N3OS. The van der Waals surface area contributed by atoms with Crippen LogP contribution < -0.4 is 10.9 Å². The smallest absolute Gasteiger partial charge is 0.252 e. The molecular weight excluding hydrogens is 222 g/mol. The second-order valence-corrected chi connectivity index (χ2v) is 4.82. The number of thiophene rings is 1. The zero-order chi connectivity index (χ0) is 11.0. The van der Waals surface area contributed by atoms with Crippen molar-refractivity contribution in [3.63, 3.8) is 0 Å². The fourth-order valence-corrected chi connectivity index (χ4v) is 2.18. The minimum absolute atomic E-state index is 0.110. The predicted molar refractivity (Wildman–Crippen MR) is 64.8 cm³/mol. The van der Waals surface area contributed by atoms with Gasteiger partial charge in [-0.05, 0) is 24.3 Å². The van der Waals surface area contributed by atoms with Gasteiger partial charge >= 0.3 is 0 Å². The van der Waals surface area contributed by atoms with Gasteiger partial charge in [-0.25, -0.2) is 4.98 Å². The van der Waals surface area contributed by atoms with Crippen LogP contribution in [0.15, 0.2) is 28.4 Å². The van der Waals surface area contributed by atoms with Crippen LogP contribution in [0.3, 0.4) is 0 Å². The molecule has 2 aromatic rings. The zero-order valence-electron chi connectivity index (χ0n) is 8.56. The molecule has 3 rings (SSSR count). The van der Waals surface area contributed by atoms with E-state index in [2.05, 4.69) is 15.3 Å². The lowest BCUT2D eigenvalue weighted by molar-refractivity contribution is 1.04. The van der Waals surface area contributed by atoms with E-state index in [1.807, 2.05) is 17.5 Å². The molecule has 4 nitrogen and oxygen atoms in total. The monoisotopic (exact) mass is 233 g/mol. The molecule has 5 heteroatoms. The lowest BCUT2D eigenvalue weighted by Crippen LogP contribution is -2.13. The van der Waals surface area contributed by atoms with Crippen LogP contribution in [0.5, 0.6) is 0 Å². The van der Waals surface area contributed by atoms with Gasteiger partial charge in [-0.1, -0.05) is 6.07 Å². The topological polar surface area (TPSA) is 57.8 Å². The summed E-state index contributed by atoms with van der Waals surface area (Å²) >= 11 is 1.58. The van der Waals surface area contributed by atoms with E-state index in [4.69, 9.17) is 0 Å². The van der Waals surface area contributed by atoms with Crippen molar-refractivity contribution in [2.24, 2.45) is 0 Å². The van der Waals surface area contributed by atoms with Crippen molar-refractivity contribution in [1.82, 2.24) is 9.97 Å². The number of rotatable bonds is 3. The van der Waals surface area contributed by atoms with Gasteiger partial charge in [0, 0.05) is 12.1 Å². The molecule has 0 amide bonds. The SMILES string of the molecule is O=c1cc(-c2cccs2)nc(NC2CC2)[nH]1. The first-order valence-corrected chi connectivity index (χ1v) is 6.11. The quantitative estimate of drug-likeness (QED) is 0.853. The Kier molecular flexibility index (Phi) is 2.25. The van der Waals surface area contributed by atoms with E-state index >= 15 is 0 Å². The van der Waals surface area contributed by atoms with Crippen LogP contribution in [-0.4, -0.2) is 16.0 Å². The van der Waals surface area contributed by atoms with E-state index in [9.17, 15) is 4.79 Å². The van der Waals surface area contributed by atoms with Gasteiger partial charge in [0.1, 0.15) is 0 Å². The van der Waals surface area contributed by atoms with Gasteiger partial charge < -0.3 is 5.32 Å². The highest BCUT2D eigenvalue weighted by atomic mass is 32.1. The first kappa shape index (κ1) is 9.59. The maximum atomic E-state index is 11.5. The summed E-state index contributed by atoms with van der Waals surface area (Å²) in [5.74, 6) is 0.582. The van der Waals surface area contributed by atoms with Crippen molar-refractivity contribution in [3.8, 4) is 10.6 Å². The highest BCUT2D eigenvalue weighted by Gasteiger charge is 2.21. The van der Waals surface area contributed by atoms with E-state index in [0.29, 0.717) is 12.0 Å². The first-order valence-electron chi connectivity index (χ1n) is 5.23. The minimum Gasteiger partial charge on any atom is -0.353 e. The van der Waals surface area contributed by atoms with Crippen LogP contribution in [-0.2, 0) is 0 Å². The molecule has 0 saturated heterocycles. The number of anilines is 1. The number of H-pyrrole nitrogens is 1. The Labute approximate surface area is 96.4 Å². The molecule has 0 atom stereocenters. The second kappa shape index (κ2) is 3.75. The molecule has 2 heterocycles. The Hall–Kier alpha value is -1.62. The van der Waals surface area contributed by atoms with Gasteiger partial charge in [0.05, 0.1) is 10.6 Å². The van der Waals surface area contributed by atoms with Crippen LogP contribution in [0.1, 0.15) is 12.8 Å². The average Bonchev–Trinajstić information content (AvgIpc) is 2.90. The Morgan fingerprint density at radius 1 is 1.50 bits per heavy atom. The molecule has 0 spiro atoms. The van der Waals surface area contributed by atoms with Crippen LogP contribution in [0.2, 0.25) is 0 Å². The Balaban J connectivity index is 1.98. The largest absolute Gasteiger partial charge is 0.353 e. The molecule has 0 radical (unpaired) electrons. The van der Waals surface area contributed by atoms with Crippen molar-refractivity contribution < 1.29 is 0 Å². The molecule has 0 aromatic carbocycles. The summed E-state index contributed by atoms with van der Waals surface area (Å²) in [7, 11) is 0. The molecule has 0 bridgehead atoms. The molecule has 2 aromatic heterocycles. The van der Waals surface area contributed by atoms with Crippen LogP contribution in [0.4, 0.5) is 5.95 Å². The highest BCUT2D eigenvalue weighted by Crippen LogP contribution is 2.25. The van der Waals surface area contributed by atoms with Gasteiger partial charge in [-0.3, -0.25) is 9.78 Å². The zero-order valence-corrected chi connectivity index (χ0v) is 9.38. The summed E-state index contributed by atoms with van der Waals surface area (Å²) < 4.78 is 0. The summed E-state index contributed by atoms with van der Waals surface area (Å²) in [5, 5.41) is 5.18. The van der Waals surface area contributed by atoms with Crippen LogP contribution in [0, 0.1) is 0 Å². The number of hydrogen-bond donors (Lipinski definition) is 2. The van der Waals surface area contributed by atoms with E-state index in [1.165, 1.54) is 6.07 Å². The Bertz CT molecular complexity index is 543. The number of aromatic nitrogens is 2. The van der Waals surface area contributed by atoms with Gasteiger partial charge in [0.15, 0.2) is 0 Å². The predicted octanol–water partition coefficient (Wildman–Crippen LogP) is 2.07. The Morgan fingerprint density at radius 3 is 3.06 bits per heavy atom.